The van der Waals surface area contributed by atoms with Crippen molar-refractivity contribution in [2.75, 3.05) is 0 Å². The van der Waals surface area contributed by atoms with Crippen LogP contribution in [0.4, 0.5) is 8.78 Å². The Morgan fingerprint density at radius 3 is 2.75 bits per heavy atom. The largest absolute Gasteiger partial charge is 0.281 e. The predicted molar refractivity (Wildman–Crippen MR) is 43.7 cm³/mol. The first-order valence-corrected chi connectivity index (χ1v) is 3.66. The second kappa shape index (κ2) is 3.85. The van der Waals surface area contributed by atoms with Crippen LogP contribution in [0, 0.1) is 0 Å². The summed E-state index contributed by atoms with van der Waals surface area (Å²) in [6.07, 6.45) is -1.24. The second-order valence-corrected chi connectivity index (χ2v) is 2.55. The number of halogens is 3. The maximum absolute atomic E-state index is 12.2. The van der Waals surface area contributed by atoms with E-state index in [1.165, 1.54) is 12.3 Å². The molecule has 2 radical (unpaired) electrons. The zero-order chi connectivity index (χ0) is 9.14. The number of alkyl halides is 2. The van der Waals surface area contributed by atoms with E-state index < -0.39 is 12.1 Å². The summed E-state index contributed by atoms with van der Waals surface area (Å²) in [4.78, 5) is 3.45. The van der Waals surface area contributed by atoms with Crippen molar-refractivity contribution in [1.82, 2.24) is 4.98 Å². The van der Waals surface area contributed by atoms with Gasteiger partial charge in [-0.1, -0.05) is 17.9 Å². The van der Waals surface area contributed by atoms with Crippen LogP contribution in [0.2, 0.25) is 5.02 Å². The fourth-order valence-corrected chi connectivity index (χ4v) is 1.08. The molecule has 1 rings (SSSR count). The van der Waals surface area contributed by atoms with E-state index in [0.29, 0.717) is 5.56 Å². The Bertz CT molecular complexity index is 280. The standard InChI is InChI=1S/C7H5BClF2N/c8-3-4-1-2-12-6(5(4)9)7(10)11/h1-2,7H,3H2. The highest BCUT2D eigenvalue weighted by Gasteiger charge is 2.14. The van der Waals surface area contributed by atoms with Gasteiger partial charge in [-0.2, -0.15) is 0 Å². The lowest BCUT2D eigenvalue weighted by atomic mass is 9.97. The van der Waals surface area contributed by atoms with E-state index >= 15 is 0 Å². The van der Waals surface area contributed by atoms with Gasteiger partial charge in [0.15, 0.2) is 0 Å². The fraction of sp³-hybridized carbons (Fsp3) is 0.286. The highest BCUT2D eigenvalue weighted by Crippen LogP contribution is 2.27. The molecule has 5 heteroatoms. The molecule has 0 spiro atoms. The Kier molecular flexibility index (Phi) is 3.03. The first-order chi connectivity index (χ1) is 5.66. The molecule has 0 saturated heterocycles. The van der Waals surface area contributed by atoms with Crippen molar-refractivity contribution in [3.8, 4) is 0 Å². The molecule has 0 aliphatic carbocycles. The SMILES string of the molecule is [B]Cc1ccnc(C(F)F)c1Cl. The molecule has 1 aromatic rings. The van der Waals surface area contributed by atoms with Gasteiger partial charge in [0.1, 0.15) is 5.69 Å². The molecule has 0 aliphatic heterocycles. The van der Waals surface area contributed by atoms with Crippen LogP contribution in [0.1, 0.15) is 17.7 Å². The molecule has 12 heavy (non-hydrogen) atoms. The Morgan fingerprint density at radius 1 is 1.58 bits per heavy atom. The Balaban J connectivity index is 3.14. The average molecular weight is 187 g/mol. The molecule has 1 heterocycles. The quantitative estimate of drug-likeness (QED) is 0.648. The van der Waals surface area contributed by atoms with Crippen molar-refractivity contribution in [2.24, 2.45) is 0 Å². The first kappa shape index (κ1) is 9.45. The summed E-state index contributed by atoms with van der Waals surface area (Å²) in [6.45, 7) is 0. The molecule has 0 unspecified atom stereocenters. The molecular weight excluding hydrogens is 182 g/mol. The summed E-state index contributed by atoms with van der Waals surface area (Å²) in [7, 11) is 5.26. The van der Waals surface area contributed by atoms with Gasteiger partial charge < -0.3 is 0 Å². The van der Waals surface area contributed by atoms with Crippen LogP contribution in [0.25, 0.3) is 0 Å². The van der Waals surface area contributed by atoms with Crippen molar-refractivity contribution >= 4 is 19.4 Å². The van der Waals surface area contributed by atoms with Gasteiger partial charge in [0, 0.05) is 6.20 Å². The van der Waals surface area contributed by atoms with E-state index in [1.807, 2.05) is 0 Å². The highest BCUT2D eigenvalue weighted by atomic mass is 35.5. The number of pyridine rings is 1. The molecule has 0 aliphatic rings. The normalized spacial score (nSPS) is 10.7. The maximum atomic E-state index is 12.2. The van der Waals surface area contributed by atoms with E-state index in [2.05, 4.69) is 4.98 Å². The summed E-state index contributed by atoms with van der Waals surface area (Å²) in [5.74, 6) is 0. The van der Waals surface area contributed by atoms with E-state index in [1.54, 1.807) is 0 Å². The van der Waals surface area contributed by atoms with Gasteiger partial charge in [-0.25, -0.2) is 8.78 Å². The zero-order valence-corrected chi connectivity index (χ0v) is 6.85. The monoisotopic (exact) mass is 187 g/mol. The molecule has 0 amide bonds. The van der Waals surface area contributed by atoms with Crippen LogP contribution in [0.5, 0.6) is 0 Å². The molecule has 0 fully saturated rings. The Labute approximate surface area is 75.2 Å². The van der Waals surface area contributed by atoms with Gasteiger partial charge in [-0.3, -0.25) is 4.98 Å². The number of hydrogen-bond donors (Lipinski definition) is 0. The van der Waals surface area contributed by atoms with Gasteiger partial charge in [0.05, 0.1) is 12.9 Å². The smallest absolute Gasteiger partial charge is 0.254 e. The highest BCUT2D eigenvalue weighted by molar-refractivity contribution is 6.32. The molecular formula is C7H5BClF2N. The molecule has 0 aromatic carbocycles. The maximum Gasteiger partial charge on any atom is 0.281 e. The van der Waals surface area contributed by atoms with Crippen molar-refractivity contribution < 1.29 is 8.78 Å². The van der Waals surface area contributed by atoms with Crippen molar-refractivity contribution in [3.05, 3.63) is 28.5 Å². The minimum absolute atomic E-state index is 0.0324. The summed E-state index contributed by atoms with van der Waals surface area (Å²) in [5.41, 5.74) is 0.0848. The van der Waals surface area contributed by atoms with Crippen molar-refractivity contribution in [1.29, 1.82) is 0 Å². The van der Waals surface area contributed by atoms with Crippen LogP contribution in [-0.4, -0.2) is 12.8 Å². The zero-order valence-electron chi connectivity index (χ0n) is 6.10. The van der Waals surface area contributed by atoms with Gasteiger partial charge in [-0.15, -0.1) is 0 Å². The number of rotatable bonds is 2. The Hall–Kier alpha value is -0.635. The van der Waals surface area contributed by atoms with Crippen LogP contribution < -0.4 is 0 Å². The first-order valence-electron chi connectivity index (χ1n) is 3.28. The molecule has 1 aromatic heterocycles. The van der Waals surface area contributed by atoms with E-state index in [0.717, 1.165) is 0 Å². The van der Waals surface area contributed by atoms with Gasteiger partial charge in [0.2, 0.25) is 0 Å². The van der Waals surface area contributed by atoms with Crippen molar-refractivity contribution in [2.45, 2.75) is 12.7 Å². The van der Waals surface area contributed by atoms with E-state index in [9.17, 15) is 8.78 Å². The van der Waals surface area contributed by atoms with Crippen LogP contribution in [0.15, 0.2) is 12.3 Å². The minimum atomic E-state index is -2.65. The topological polar surface area (TPSA) is 12.9 Å². The lowest BCUT2D eigenvalue weighted by Crippen LogP contribution is -1.95. The summed E-state index contributed by atoms with van der Waals surface area (Å²) in [5, 5.41) is -0.0324. The molecule has 1 nitrogen and oxygen atoms in total. The summed E-state index contributed by atoms with van der Waals surface area (Å²) in [6, 6.07) is 1.52. The number of nitrogens with zero attached hydrogens (tertiary/aromatic N) is 1. The van der Waals surface area contributed by atoms with Crippen LogP contribution in [0.3, 0.4) is 0 Å². The molecule has 0 saturated carbocycles. The molecule has 62 valence electrons. The average Bonchev–Trinajstić information content (AvgIpc) is 2.04. The predicted octanol–water partition coefficient (Wildman–Crippen LogP) is 2.34. The minimum Gasteiger partial charge on any atom is -0.254 e. The molecule has 0 N–H and O–H groups in total. The summed E-state index contributed by atoms with van der Waals surface area (Å²) >= 11 is 5.58. The van der Waals surface area contributed by atoms with Gasteiger partial charge >= 0.3 is 0 Å². The van der Waals surface area contributed by atoms with Crippen LogP contribution in [-0.2, 0) is 6.32 Å². The van der Waals surface area contributed by atoms with E-state index in [-0.39, 0.29) is 11.3 Å². The summed E-state index contributed by atoms with van der Waals surface area (Å²) < 4.78 is 24.3. The number of hydrogen-bond acceptors (Lipinski definition) is 1. The third kappa shape index (κ3) is 1.75. The molecule has 0 atom stereocenters. The fourth-order valence-electron chi connectivity index (χ4n) is 0.812. The molecule has 0 bridgehead atoms. The van der Waals surface area contributed by atoms with Crippen LogP contribution >= 0.6 is 11.6 Å². The third-order valence-corrected chi connectivity index (χ3v) is 1.86. The lowest BCUT2D eigenvalue weighted by molar-refractivity contribution is 0.146. The Morgan fingerprint density at radius 2 is 2.25 bits per heavy atom. The number of aromatic nitrogens is 1. The van der Waals surface area contributed by atoms with E-state index in [4.69, 9.17) is 19.4 Å². The van der Waals surface area contributed by atoms with Crippen molar-refractivity contribution in [3.63, 3.8) is 0 Å². The van der Waals surface area contributed by atoms with Gasteiger partial charge in [0.25, 0.3) is 6.43 Å². The third-order valence-electron chi connectivity index (χ3n) is 1.42. The lowest BCUT2D eigenvalue weighted by Gasteiger charge is -2.05. The van der Waals surface area contributed by atoms with Gasteiger partial charge in [-0.05, 0) is 11.6 Å². The second-order valence-electron chi connectivity index (χ2n) is 2.17.